The molecule has 3 nitrogen and oxygen atoms in total. The Morgan fingerprint density at radius 2 is 1.50 bits per heavy atom. The molecule has 1 radical (unpaired) electrons. The Balaban J connectivity index is 2.83. The molecule has 0 atom stereocenters. The maximum absolute atomic E-state index is 2.83. The van der Waals surface area contributed by atoms with E-state index in [1.807, 2.05) is 0 Å². The molecule has 1 aliphatic rings. The fourth-order valence-electron chi connectivity index (χ4n) is 2.56. The van der Waals surface area contributed by atoms with Crippen molar-refractivity contribution in [2.24, 2.45) is 0 Å². The molecule has 95 valence electrons. The Bertz CT molecular complexity index is 204. The predicted molar refractivity (Wildman–Crippen MR) is 72.1 cm³/mol. The van der Waals surface area contributed by atoms with Crippen molar-refractivity contribution in [2.75, 3.05) is 13.6 Å². The predicted octanol–water partition coefficient (Wildman–Crippen LogP) is 2.09. The van der Waals surface area contributed by atoms with Crippen molar-refractivity contribution in [3.63, 3.8) is 0 Å². The first-order chi connectivity index (χ1) is 7.45. The first-order valence-corrected chi connectivity index (χ1v) is 10.4. The molecule has 1 heterocycles. The molecule has 1 aliphatic heterocycles. The van der Waals surface area contributed by atoms with Gasteiger partial charge in [0, 0.05) is 0 Å². The Labute approximate surface area is 110 Å². The minimum absolute atomic E-state index is 0.711. The summed E-state index contributed by atoms with van der Waals surface area (Å²) in [5, 5.41) is 0. The van der Waals surface area contributed by atoms with Gasteiger partial charge in [0.05, 0.1) is 0 Å². The second-order valence-corrected chi connectivity index (χ2v) is 12.0. The summed E-state index contributed by atoms with van der Waals surface area (Å²) < 4.78 is 8.28. The maximum atomic E-state index is 2.83. The van der Waals surface area contributed by atoms with Crippen LogP contribution < -0.4 is 0 Å². The van der Waals surface area contributed by atoms with E-state index in [0.29, 0.717) is 18.2 Å². The van der Waals surface area contributed by atoms with Crippen molar-refractivity contribution in [1.29, 1.82) is 0 Å². The summed E-state index contributed by atoms with van der Waals surface area (Å²) in [5.74, 6) is 0. The SMILES string of the molecule is CCC1[N](C(C)C)[Sn]([N](C)CC)[N]1C(C)C. The summed E-state index contributed by atoms with van der Waals surface area (Å²) in [4.78, 5) is 0. The van der Waals surface area contributed by atoms with Gasteiger partial charge in [-0.3, -0.25) is 0 Å². The van der Waals surface area contributed by atoms with E-state index in [0.717, 1.165) is 0 Å². The molecule has 0 aliphatic carbocycles. The third-order valence-electron chi connectivity index (χ3n) is 3.40. The molecule has 0 N–H and O–H groups in total. The summed E-state index contributed by atoms with van der Waals surface area (Å²) in [6, 6.07) is 1.42. The zero-order valence-electron chi connectivity index (χ0n) is 12.0. The van der Waals surface area contributed by atoms with Gasteiger partial charge in [-0.25, -0.2) is 0 Å². The van der Waals surface area contributed by atoms with E-state index in [4.69, 9.17) is 0 Å². The van der Waals surface area contributed by atoms with Gasteiger partial charge in [-0.05, 0) is 0 Å². The molecule has 0 saturated carbocycles. The topological polar surface area (TPSA) is 9.72 Å². The summed E-state index contributed by atoms with van der Waals surface area (Å²) in [6.07, 6.45) is 1.97. The van der Waals surface area contributed by atoms with E-state index in [1.165, 1.54) is 13.0 Å². The molecule has 16 heavy (non-hydrogen) atoms. The zero-order valence-corrected chi connectivity index (χ0v) is 14.8. The van der Waals surface area contributed by atoms with Gasteiger partial charge in [0.15, 0.2) is 0 Å². The van der Waals surface area contributed by atoms with Crippen LogP contribution in [0.25, 0.3) is 0 Å². The third-order valence-corrected chi connectivity index (χ3v) is 13.5. The Morgan fingerprint density at radius 3 is 1.75 bits per heavy atom. The zero-order chi connectivity index (χ0) is 12.5. The van der Waals surface area contributed by atoms with Crippen LogP contribution in [-0.2, 0) is 0 Å². The summed E-state index contributed by atoms with van der Waals surface area (Å²) in [6.45, 7) is 15.2. The Kier molecular flexibility index (Phi) is 5.55. The normalized spacial score (nSPS) is 21.4. The molecule has 0 unspecified atom stereocenters. The van der Waals surface area contributed by atoms with Crippen LogP contribution in [0.3, 0.4) is 0 Å². The van der Waals surface area contributed by atoms with E-state index in [9.17, 15) is 0 Å². The van der Waals surface area contributed by atoms with E-state index in [-0.39, 0.29) is 0 Å². The minimum atomic E-state index is -1.64. The van der Waals surface area contributed by atoms with E-state index >= 15 is 0 Å². The Hall–Kier alpha value is 0.679. The van der Waals surface area contributed by atoms with Gasteiger partial charge >= 0.3 is 110 Å². The van der Waals surface area contributed by atoms with Crippen molar-refractivity contribution >= 4 is 20.6 Å². The van der Waals surface area contributed by atoms with Crippen LogP contribution in [0.2, 0.25) is 0 Å². The van der Waals surface area contributed by atoms with Crippen LogP contribution in [-0.4, -0.2) is 61.8 Å². The van der Waals surface area contributed by atoms with Gasteiger partial charge in [0.2, 0.25) is 0 Å². The molecule has 0 aromatic carbocycles. The molecule has 0 bridgehead atoms. The van der Waals surface area contributed by atoms with Gasteiger partial charge in [-0.15, -0.1) is 0 Å². The molecule has 0 spiro atoms. The molecule has 1 saturated heterocycles. The van der Waals surface area contributed by atoms with Crippen molar-refractivity contribution in [3.8, 4) is 0 Å². The number of hydrogen-bond acceptors (Lipinski definition) is 3. The quantitative estimate of drug-likeness (QED) is 0.714. The molecule has 1 fully saturated rings. The van der Waals surface area contributed by atoms with Crippen molar-refractivity contribution in [2.45, 2.75) is 66.2 Å². The van der Waals surface area contributed by atoms with E-state index < -0.39 is 20.6 Å². The molecule has 0 amide bonds. The van der Waals surface area contributed by atoms with Gasteiger partial charge in [-0.1, -0.05) is 0 Å². The fraction of sp³-hybridized carbons (Fsp3) is 1.00. The van der Waals surface area contributed by atoms with Gasteiger partial charge in [0.1, 0.15) is 0 Å². The number of rotatable bonds is 5. The summed E-state index contributed by atoms with van der Waals surface area (Å²) in [7, 11) is 2.31. The van der Waals surface area contributed by atoms with Gasteiger partial charge in [-0.2, -0.15) is 0 Å². The monoisotopic (exact) mass is 334 g/mol. The van der Waals surface area contributed by atoms with Crippen LogP contribution in [0.5, 0.6) is 0 Å². The van der Waals surface area contributed by atoms with Gasteiger partial charge < -0.3 is 0 Å². The standard InChI is InChI=1S/C9H20N2.C3H8N.Sn/c1-6-9(10-7(2)3)11-8(4)5;1-3-4-2;/h7-9H,6H2,1-5H3;3H2,1-2H3;/q-2;-1;+3. The van der Waals surface area contributed by atoms with Crippen molar-refractivity contribution in [1.82, 2.24) is 9.36 Å². The van der Waals surface area contributed by atoms with Crippen molar-refractivity contribution < 1.29 is 0 Å². The average Bonchev–Trinajstić information content (AvgIpc) is 2.15. The molecule has 0 aromatic rings. The number of nitrogens with zero attached hydrogens (tertiary/aromatic N) is 3. The first-order valence-electron chi connectivity index (χ1n) is 6.60. The van der Waals surface area contributed by atoms with E-state index in [2.05, 4.69) is 58.0 Å². The van der Waals surface area contributed by atoms with Crippen LogP contribution in [0, 0.1) is 0 Å². The molecule has 0 aromatic heterocycles. The third kappa shape index (κ3) is 2.57. The van der Waals surface area contributed by atoms with Crippen LogP contribution in [0.1, 0.15) is 48.0 Å². The molecule has 1 rings (SSSR count). The van der Waals surface area contributed by atoms with Crippen LogP contribution >= 0.6 is 0 Å². The first kappa shape index (κ1) is 14.7. The average molecular weight is 333 g/mol. The van der Waals surface area contributed by atoms with Crippen LogP contribution in [0.4, 0.5) is 0 Å². The summed E-state index contributed by atoms with van der Waals surface area (Å²) in [5.41, 5.74) is 0. The number of hydrogen-bond donors (Lipinski definition) is 0. The van der Waals surface area contributed by atoms with E-state index in [1.54, 1.807) is 0 Å². The Morgan fingerprint density at radius 1 is 1.06 bits per heavy atom. The fourth-order valence-corrected chi connectivity index (χ4v) is 11.8. The second kappa shape index (κ2) is 6.03. The van der Waals surface area contributed by atoms with Crippen molar-refractivity contribution in [3.05, 3.63) is 0 Å². The molecular weight excluding hydrogens is 305 g/mol. The van der Waals surface area contributed by atoms with Gasteiger partial charge in [0.25, 0.3) is 0 Å². The molecular formula is C12H28N3Sn. The second-order valence-electron chi connectivity index (χ2n) is 5.21. The molecule has 4 heteroatoms. The van der Waals surface area contributed by atoms with Crippen LogP contribution in [0.15, 0.2) is 0 Å². The summed E-state index contributed by atoms with van der Waals surface area (Å²) >= 11 is -1.64.